The summed E-state index contributed by atoms with van der Waals surface area (Å²) in [5.41, 5.74) is 2.41. The van der Waals surface area contributed by atoms with Crippen molar-refractivity contribution >= 4 is 17.6 Å². The Morgan fingerprint density at radius 1 is 1.35 bits per heavy atom. The Hall–Kier alpha value is -2.04. The third-order valence-electron chi connectivity index (χ3n) is 4.12. The third kappa shape index (κ3) is 2.24. The lowest BCUT2D eigenvalue weighted by atomic mass is 9.91. The molecule has 1 aromatic rings. The molecule has 1 saturated heterocycles. The van der Waals surface area contributed by atoms with E-state index < -0.39 is 0 Å². The Labute approximate surface area is 118 Å². The first-order chi connectivity index (χ1) is 9.66. The zero-order valence-corrected chi connectivity index (χ0v) is 11.6. The average Bonchev–Trinajstić information content (AvgIpc) is 2.88. The third-order valence-corrected chi connectivity index (χ3v) is 4.12. The van der Waals surface area contributed by atoms with Crippen LogP contribution >= 0.6 is 0 Å². The molecular formula is C15H19N3O2. The molecule has 0 aromatic heterocycles. The molecule has 20 heavy (non-hydrogen) atoms. The summed E-state index contributed by atoms with van der Waals surface area (Å²) in [5, 5.41) is 2.66. The van der Waals surface area contributed by atoms with Crippen LogP contribution in [-0.4, -0.2) is 43.0 Å². The second kappa shape index (κ2) is 5.15. The molecule has 0 aliphatic carbocycles. The van der Waals surface area contributed by atoms with Crippen molar-refractivity contribution in [1.29, 1.82) is 0 Å². The highest BCUT2D eigenvalue weighted by molar-refractivity contribution is 5.97. The molecular weight excluding hydrogens is 254 g/mol. The van der Waals surface area contributed by atoms with Crippen LogP contribution in [0.25, 0.3) is 0 Å². The van der Waals surface area contributed by atoms with E-state index >= 15 is 0 Å². The van der Waals surface area contributed by atoms with Crippen molar-refractivity contribution < 1.29 is 9.59 Å². The molecule has 3 amide bonds. The smallest absolute Gasteiger partial charge is 0.324 e. The van der Waals surface area contributed by atoms with Gasteiger partial charge in [-0.1, -0.05) is 25.1 Å². The summed E-state index contributed by atoms with van der Waals surface area (Å²) < 4.78 is 0. The minimum Gasteiger partial charge on any atom is -0.362 e. The molecule has 1 N–H and O–H groups in total. The summed E-state index contributed by atoms with van der Waals surface area (Å²) in [6, 6.07) is 7.95. The van der Waals surface area contributed by atoms with Crippen LogP contribution in [-0.2, 0) is 4.79 Å². The van der Waals surface area contributed by atoms with Crippen LogP contribution in [0.4, 0.5) is 10.5 Å². The number of imide groups is 1. The fourth-order valence-corrected chi connectivity index (χ4v) is 2.94. The van der Waals surface area contributed by atoms with Crippen LogP contribution in [0, 0.1) is 0 Å². The molecule has 2 aliphatic heterocycles. The maximum Gasteiger partial charge on any atom is 0.324 e. The van der Waals surface area contributed by atoms with Gasteiger partial charge in [-0.3, -0.25) is 9.69 Å². The van der Waals surface area contributed by atoms with Crippen molar-refractivity contribution in [2.75, 3.05) is 31.1 Å². The number of carbonyl (C=O) groups is 2. The van der Waals surface area contributed by atoms with Gasteiger partial charge in [0.25, 0.3) is 0 Å². The lowest BCUT2D eigenvalue weighted by Crippen LogP contribution is -2.43. The summed E-state index contributed by atoms with van der Waals surface area (Å²) in [6.45, 7) is 4.38. The van der Waals surface area contributed by atoms with E-state index in [1.54, 1.807) is 0 Å². The van der Waals surface area contributed by atoms with Gasteiger partial charge in [-0.15, -0.1) is 0 Å². The van der Waals surface area contributed by atoms with E-state index in [-0.39, 0.29) is 18.5 Å². The van der Waals surface area contributed by atoms with Crippen LogP contribution in [0.15, 0.2) is 24.3 Å². The Morgan fingerprint density at radius 2 is 2.15 bits per heavy atom. The van der Waals surface area contributed by atoms with Gasteiger partial charge < -0.3 is 10.2 Å². The number of rotatable bonds is 2. The summed E-state index contributed by atoms with van der Waals surface area (Å²) in [4.78, 5) is 27.2. The maximum absolute atomic E-state index is 12.2. The first-order valence-electron chi connectivity index (χ1n) is 7.09. The Bertz CT molecular complexity index is 544. The zero-order chi connectivity index (χ0) is 14.1. The molecule has 106 valence electrons. The molecule has 3 rings (SSSR count). The lowest BCUT2D eigenvalue weighted by Gasteiger charge is -2.34. The van der Waals surface area contributed by atoms with Crippen molar-refractivity contribution in [3.05, 3.63) is 29.8 Å². The highest BCUT2D eigenvalue weighted by Crippen LogP contribution is 2.34. The average molecular weight is 273 g/mol. The number of nitrogens with zero attached hydrogens (tertiary/aromatic N) is 2. The van der Waals surface area contributed by atoms with Crippen molar-refractivity contribution in [2.24, 2.45) is 0 Å². The van der Waals surface area contributed by atoms with Crippen molar-refractivity contribution in [1.82, 2.24) is 10.2 Å². The number of hydrogen-bond donors (Lipinski definition) is 1. The molecule has 5 nitrogen and oxygen atoms in total. The summed E-state index contributed by atoms with van der Waals surface area (Å²) in [6.07, 6.45) is 1.04. The van der Waals surface area contributed by atoms with E-state index in [4.69, 9.17) is 0 Å². The SMILES string of the molecule is CC1CCN(CC(=O)N2CCNC2=O)c2ccccc21. The van der Waals surface area contributed by atoms with Crippen LogP contribution in [0.2, 0.25) is 0 Å². The van der Waals surface area contributed by atoms with Gasteiger partial charge in [0.15, 0.2) is 0 Å². The van der Waals surface area contributed by atoms with Crippen LogP contribution in [0.3, 0.4) is 0 Å². The number of urea groups is 1. The van der Waals surface area contributed by atoms with Gasteiger partial charge in [0.2, 0.25) is 5.91 Å². The molecule has 0 saturated carbocycles. The standard InChI is InChI=1S/C15H19N3O2/c1-11-6-8-17(13-5-3-2-4-12(11)13)10-14(19)18-9-7-16-15(18)20/h2-5,11H,6-10H2,1H3,(H,16,20). The fourth-order valence-electron chi connectivity index (χ4n) is 2.94. The molecule has 0 spiro atoms. The topological polar surface area (TPSA) is 52.7 Å². The quantitative estimate of drug-likeness (QED) is 0.889. The molecule has 0 radical (unpaired) electrons. The Morgan fingerprint density at radius 3 is 2.90 bits per heavy atom. The van der Waals surface area contributed by atoms with E-state index in [9.17, 15) is 9.59 Å². The number of hydrogen-bond acceptors (Lipinski definition) is 3. The van der Waals surface area contributed by atoms with Gasteiger partial charge in [-0.25, -0.2) is 4.79 Å². The second-order valence-corrected chi connectivity index (χ2v) is 5.45. The van der Waals surface area contributed by atoms with Gasteiger partial charge in [-0.05, 0) is 24.0 Å². The highest BCUT2D eigenvalue weighted by Gasteiger charge is 2.29. The predicted molar refractivity (Wildman–Crippen MR) is 76.8 cm³/mol. The minimum absolute atomic E-state index is 0.121. The molecule has 1 fully saturated rings. The van der Waals surface area contributed by atoms with Crippen LogP contribution in [0.1, 0.15) is 24.8 Å². The summed E-state index contributed by atoms with van der Waals surface area (Å²) >= 11 is 0. The normalized spacial score (nSPS) is 21.6. The van der Waals surface area contributed by atoms with Gasteiger partial charge >= 0.3 is 6.03 Å². The molecule has 2 aliphatic rings. The number of benzene rings is 1. The highest BCUT2D eigenvalue weighted by atomic mass is 16.2. The number of fused-ring (bicyclic) bond motifs is 1. The molecule has 1 atom stereocenters. The fraction of sp³-hybridized carbons (Fsp3) is 0.467. The van der Waals surface area contributed by atoms with Crippen molar-refractivity contribution in [2.45, 2.75) is 19.3 Å². The molecule has 5 heteroatoms. The van der Waals surface area contributed by atoms with Gasteiger partial charge in [-0.2, -0.15) is 0 Å². The van der Waals surface area contributed by atoms with E-state index in [2.05, 4.69) is 29.3 Å². The first kappa shape index (κ1) is 13.0. The van der Waals surface area contributed by atoms with Crippen molar-refractivity contribution in [3.8, 4) is 0 Å². The molecule has 0 bridgehead atoms. The minimum atomic E-state index is -0.270. The van der Waals surface area contributed by atoms with Crippen LogP contribution < -0.4 is 10.2 Å². The Kier molecular flexibility index (Phi) is 3.34. The van der Waals surface area contributed by atoms with Crippen molar-refractivity contribution in [3.63, 3.8) is 0 Å². The number of amides is 3. The number of anilines is 1. The number of carbonyl (C=O) groups excluding carboxylic acids is 2. The van der Waals surface area contributed by atoms with Gasteiger partial charge in [0, 0.05) is 25.3 Å². The summed E-state index contributed by atoms with van der Waals surface area (Å²) in [5.74, 6) is 0.400. The largest absolute Gasteiger partial charge is 0.362 e. The first-order valence-corrected chi connectivity index (χ1v) is 7.09. The zero-order valence-electron chi connectivity index (χ0n) is 11.6. The lowest BCUT2D eigenvalue weighted by molar-refractivity contribution is -0.126. The number of nitrogens with one attached hydrogen (secondary N) is 1. The molecule has 2 heterocycles. The molecule has 1 aromatic carbocycles. The van der Waals surface area contributed by atoms with E-state index in [0.29, 0.717) is 19.0 Å². The number of para-hydroxylation sites is 1. The molecule has 1 unspecified atom stereocenters. The summed E-state index contributed by atoms with van der Waals surface area (Å²) in [7, 11) is 0. The van der Waals surface area contributed by atoms with Gasteiger partial charge in [0.05, 0.1) is 6.54 Å². The second-order valence-electron chi connectivity index (χ2n) is 5.45. The van der Waals surface area contributed by atoms with E-state index in [1.165, 1.54) is 10.5 Å². The van der Waals surface area contributed by atoms with Crippen LogP contribution in [0.5, 0.6) is 0 Å². The Balaban J connectivity index is 1.77. The maximum atomic E-state index is 12.2. The van der Waals surface area contributed by atoms with E-state index in [0.717, 1.165) is 18.7 Å². The van der Waals surface area contributed by atoms with E-state index in [1.807, 2.05) is 12.1 Å². The monoisotopic (exact) mass is 273 g/mol. The van der Waals surface area contributed by atoms with Gasteiger partial charge in [0.1, 0.15) is 0 Å². The predicted octanol–water partition coefficient (Wildman–Crippen LogP) is 1.55.